The van der Waals surface area contributed by atoms with Crippen molar-refractivity contribution < 1.29 is 13.2 Å². The highest BCUT2D eigenvalue weighted by Crippen LogP contribution is 2.38. The minimum Gasteiger partial charge on any atom is -0.324 e. The Hall–Kier alpha value is -0.450. The van der Waals surface area contributed by atoms with Crippen molar-refractivity contribution in [3.63, 3.8) is 0 Å². The highest BCUT2D eigenvalue weighted by atomic mass is 35.5. The summed E-state index contributed by atoms with van der Waals surface area (Å²) in [6, 6.07) is 3.29. The van der Waals surface area contributed by atoms with E-state index in [0.29, 0.717) is 5.56 Å². The molecule has 0 heterocycles. The Balaban J connectivity index is 0.00000289. The number of halogens is 5. The van der Waals surface area contributed by atoms with E-state index in [1.54, 1.807) is 0 Å². The summed E-state index contributed by atoms with van der Waals surface area (Å²) in [5.41, 5.74) is 5.50. The Morgan fingerprint density at radius 2 is 1.67 bits per heavy atom. The summed E-state index contributed by atoms with van der Waals surface area (Å²) < 4.78 is 37.5. The molecule has 1 aromatic carbocycles. The SMILES string of the molecule is CC(C)(C)[C@@H](N)c1ccc(C(F)(F)F)c(Cl)c1.Cl. The van der Waals surface area contributed by atoms with Gasteiger partial charge in [-0.2, -0.15) is 13.2 Å². The molecule has 1 atom stereocenters. The first-order valence-corrected chi connectivity index (χ1v) is 5.53. The van der Waals surface area contributed by atoms with Crippen LogP contribution in [0.15, 0.2) is 18.2 Å². The zero-order chi connectivity index (χ0) is 13.4. The van der Waals surface area contributed by atoms with Gasteiger partial charge >= 0.3 is 6.18 Å². The quantitative estimate of drug-likeness (QED) is 0.790. The Bertz CT molecular complexity index is 411. The molecule has 0 aliphatic carbocycles. The molecule has 0 saturated carbocycles. The lowest BCUT2D eigenvalue weighted by molar-refractivity contribution is -0.137. The molecule has 1 nitrogen and oxygen atoms in total. The first-order valence-electron chi connectivity index (χ1n) is 5.15. The molecule has 0 radical (unpaired) electrons. The van der Waals surface area contributed by atoms with Crippen LogP contribution in [0.3, 0.4) is 0 Å². The molecule has 0 aliphatic rings. The molecule has 0 saturated heterocycles. The molecule has 0 amide bonds. The second-order valence-corrected chi connectivity index (χ2v) is 5.49. The first kappa shape index (κ1) is 17.6. The van der Waals surface area contributed by atoms with Crippen LogP contribution in [0.1, 0.15) is 37.9 Å². The Morgan fingerprint density at radius 1 is 1.17 bits per heavy atom. The average molecular weight is 302 g/mol. The van der Waals surface area contributed by atoms with Crippen LogP contribution < -0.4 is 5.73 Å². The highest BCUT2D eigenvalue weighted by Gasteiger charge is 2.33. The van der Waals surface area contributed by atoms with Crippen molar-refractivity contribution in [3.05, 3.63) is 34.3 Å². The van der Waals surface area contributed by atoms with E-state index in [1.165, 1.54) is 12.1 Å². The third kappa shape index (κ3) is 4.04. The van der Waals surface area contributed by atoms with Gasteiger partial charge in [-0.3, -0.25) is 0 Å². The van der Waals surface area contributed by atoms with Crippen molar-refractivity contribution in [2.24, 2.45) is 11.1 Å². The lowest BCUT2D eigenvalue weighted by atomic mass is 9.83. The van der Waals surface area contributed by atoms with Gasteiger partial charge in [0.05, 0.1) is 10.6 Å². The normalized spacial score (nSPS) is 14.0. The highest BCUT2D eigenvalue weighted by molar-refractivity contribution is 6.31. The Morgan fingerprint density at radius 3 is 2.00 bits per heavy atom. The summed E-state index contributed by atoms with van der Waals surface area (Å²) in [4.78, 5) is 0. The van der Waals surface area contributed by atoms with Gasteiger partial charge < -0.3 is 5.73 Å². The van der Waals surface area contributed by atoms with Crippen LogP contribution in [0, 0.1) is 5.41 Å². The molecule has 0 spiro atoms. The van der Waals surface area contributed by atoms with Crippen LogP contribution in [0.25, 0.3) is 0 Å². The largest absolute Gasteiger partial charge is 0.417 e. The van der Waals surface area contributed by atoms with Crippen molar-refractivity contribution >= 4 is 24.0 Å². The monoisotopic (exact) mass is 301 g/mol. The van der Waals surface area contributed by atoms with Crippen molar-refractivity contribution in [1.82, 2.24) is 0 Å². The fourth-order valence-electron chi connectivity index (χ4n) is 1.45. The lowest BCUT2D eigenvalue weighted by Gasteiger charge is -2.27. The minimum absolute atomic E-state index is 0. The third-order valence-corrected chi connectivity index (χ3v) is 2.90. The molecule has 18 heavy (non-hydrogen) atoms. The number of alkyl halides is 3. The zero-order valence-corrected chi connectivity index (χ0v) is 11.9. The average Bonchev–Trinajstić information content (AvgIpc) is 2.12. The fraction of sp³-hybridized carbons (Fsp3) is 0.500. The van der Waals surface area contributed by atoms with Gasteiger partial charge in [0, 0.05) is 6.04 Å². The molecule has 0 unspecified atom stereocenters. The molecule has 0 fully saturated rings. The maximum Gasteiger partial charge on any atom is 0.417 e. The maximum atomic E-state index is 12.5. The van der Waals surface area contributed by atoms with Gasteiger partial charge in [-0.25, -0.2) is 0 Å². The maximum absolute atomic E-state index is 12.5. The predicted molar refractivity (Wildman–Crippen MR) is 70.1 cm³/mol. The number of hydrogen-bond donors (Lipinski definition) is 1. The topological polar surface area (TPSA) is 26.0 Å². The van der Waals surface area contributed by atoms with Gasteiger partial charge in [0.25, 0.3) is 0 Å². The van der Waals surface area contributed by atoms with E-state index in [0.717, 1.165) is 6.07 Å². The molecule has 1 rings (SSSR count). The van der Waals surface area contributed by atoms with E-state index in [1.807, 2.05) is 20.8 Å². The molecule has 2 N–H and O–H groups in total. The molecule has 104 valence electrons. The summed E-state index contributed by atoms with van der Waals surface area (Å²) in [6.45, 7) is 5.76. The van der Waals surface area contributed by atoms with E-state index in [9.17, 15) is 13.2 Å². The molecule has 0 aliphatic heterocycles. The molecule has 0 bridgehead atoms. The van der Waals surface area contributed by atoms with Gasteiger partial charge in [-0.1, -0.05) is 38.4 Å². The number of rotatable bonds is 1. The van der Waals surface area contributed by atoms with E-state index in [-0.39, 0.29) is 28.9 Å². The van der Waals surface area contributed by atoms with E-state index < -0.39 is 11.7 Å². The molecular weight excluding hydrogens is 286 g/mol. The van der Waals surface area contributed by atoms with Crippen molar-refractivity contribution in [3.8, 4) is 0 Å². The molecular formula is C12H16Cl2F3N. The summed E-state index contributed by atoms with van der Waals surface area (Å²) in [5, 5.41) is -0.310. The van der Waals surface area contributed by atoms with Gasteiger partial charge in [-0.05, 0) is 23.1 Å². The lowest BCUT2D eigenvalue weighted by Crippen LogP contribution is -2.26. The summed E-state index contributed by atoms with van der Waals surface area (Å²) >= 11 is 5.63. The summed E-state index contributed by atoms with van der Waals surface area (Å²) in [7, 11) is 0. The van der Waals surface area contributed by atoms with Crippen LogP contribution in [0.5, 0.6) is 0 Å². The van der Waals surface area contributed by atoms with E-state index >= 15 is 0 Å². The van der Waals surface area contributed by atoms with Crippen LogP contribution in [-0.4, -0.2) is 0 Å². The van der Waals surface area contributed by atoms with Crippen LogP contribution in [0.2, 0.25) is 5.02 Å². The Kier molecular flexibility index (Phi) is 5.54. The third-order valence-electron chi connectivity index (χ3n) is 2.59. The fourth-order valence-corrected chi connectivity index (χ4v) is 1.75. The van der Waals surface area contributed by atoms with E-state index in [2.05, 4.69) is 0 Å². The van der Waals surface area contributed by atoms with E-state index in [4.69, 9.17) is 17.3 Å². The van der Waals surface area contributed by atoms with Crippen molar-refractivity contribution in [2.45, 2.75) is 33.0 Å². The Labute approximate surface area is 116 Å². The van der Waals surface area contributed by atoms with Crippen molar-refractivity contribution in [1.29, 1.82) is 0 Å². The van der Waals surface area contributed by atoms with Gasteiger partial charge in [0.2, 0.25) is 0 Å². The van der Waals surface area contributed by atoms with Crippen LogP contribution >= 0.6 is 24.0 Å². The minimum atomic E-state index is -4.43. The molecule has 6 heteroatoms. The molecule has 1 aromatic rings. The second-order valence-electron chi connectivity index (χ2n) is 5.08. The standard InChI is InChI=1S/C12H15ClF3N.ClH/c1-11(2,3)10(17)7-4-5-8(9(13)6-7)12(14,15)16;/h4-6,10H,17H2,1-3H3;1H/t10-;/m0./s1. The summed E-state index contributed by atoms with van der Waals surface area (Å²) in [6.07, 6.45) is -4.43. The van der Waals surface area contributed by atoms with Crippen molar-refractivity contribution in [2.75, 3.05) is 0 Å². The number of hydrogen-bond acceptors (Lipinski definition) is 1. The predicted octanol–water partition coefficient (Wildman–Crippen LogP) is 4.83. The first-order chi connectivity index (χ1) is 7.53. The summed E-state index contributed by atoms with van der Waals surface area (Å²) in [5.74, 6) is 0. The number of nitrogens with two attached hydrogens (primary N) is 1. The number of benzene rings is 1. The van der Waals surface area contributed by atoms with Gasteiger partial charge in [-0.15, -0.1) is 12.4 Å². The molecule has 0 aromatic heterocycles. The van der Waals surface area contributed by atoms with Gasteiger partial charge in [0.15, 0.2) is 0 Å². The second kappa shape index (κ2) is 5.68. The van der Waals surface area contributed by atoms with Crippen LogP contribution in [0.4, 0.5) is 13.2 Å². The van der Waals surface area contributed by atoms with Gasteiger partial charge in [0.1, 0.15) is 0 Å². The van der Waals surface area contributed by atoms with Crippen LogP contribution in [-0.2, 0) is 6.18 Å². The smallest absolute Gasteiger partial charge is 0.324 e. The zero-order valence-electron chi connectivity index (χ0n) is 10.3.